The molecule has 0 saturated carbocycles. The Labute approximate surface area is 132 Å². The van der Waals surface area contributed by atoms with E-state index in [1.807, 2.05) is 0 Å². The van der Waals surface area contributed by atoms with E-state index in [-0.39, 0.29) is 0 Å². The maximum absolute atomic E-state index is 3.71. The van der Waals surface area contributed by atoms with E-state index in [4.69, 9.17) is 0 Å². The van der Waals surface area contributed by atoms with Gasteiger partial charge >= 0.3 is 0 Å². The highest BCUT2D eigenvalue weighted by Crippen LogP contribution is 2.33. The summed E-state index contributed by atoms with van der Waals surface area (Å²) in [6, 6.07) is 26.9. The second kappa shape index (κ2) is 5.94. The lowest BCUT2D eigenvalue weighted by Gasteiger charge is -2.20. The Morgan fingerprint density at radius 3 is 2.45 bits per heavy atom. The van der Waals surface area contributed by atoms with Crippen LogP contribution in [0.3, 0.4) is 0 Å². The lowest BCUT2D eigenvalue weighted by Crippen LogP contribution is -2.19. The highest BCUT2D eigenvalue weighted by atomic mass is 14.9. The smallest absolute Gasteiger partial charge is 0.0352 e. The quantitative estimate of drug-likeness (QED) is 0.734. The first-order valence-corrected chi connectivity index (χ1v) is 8.16. The molecule has 1 saturated heterocycles. The van der Waals surface area contributed by atoms with Gasteiger partial charge in [-0.05, 0) is 53.3 Å². The Kier molecular flexibility index (Phi) is 3.65. The lowest BCUT2D eigenvalue weighted by molar-refractivity contribution is 0.460. The van der Waals surface area contributed by atoms with E-state index in [1.54, 1.807) is 0 Å². The van der Waals surface area contributed by atoms with E-state index in [9.17, 15) is 0 Å². The van der Waals surface area contributed by atoms with Crippen LogP contribution < -0.4 is 5.32 Å². The summed E-state index contributed by atoms with van der Waals surface area (Å²) in [6.07, 6.45) is 2.41. The molecule has 2 atom stereocenters. The highest BCUT2D eigenvalue weighted by molar-refractivity contribution is 5.83. The van der Waals surface area contributed by atoms with Crippen LogP contribution in [0.2, 0.25) is 0 Å². The van der Waals surface area contributed by atoms with Gasteiger partial charge in [-0.2, -0.15) is 0 Å². The second-order valence-electron chi connectivity index (χ2n) is 6.28. The molecule has 4 rings (SSSR count). The average Bonchev–Trinajstić information content (AvgIpc) is 3.03. The van der Waals surface area contributed by atoms with Crippen molar-refractivity contribution >= 4 is 10.8 Å². The Balaban J connectivity index is 1.61. The maximum Gasteiger partial charge on any atom is 0.0352 e. The first-order chi connectivity index (χ1) is 10.9. The molecule has 0 radical (unpaired) electrons. The molecule has 1 aliphatic heterocycles. The normalized spacial score (nSPS) is 21.3. The standard InChI is InChI=1S/C21H21N/c1-2-6-16(7-3-1)14-20-12-13-22-21(20)19-11-10-17-8-4-5-9-18(17)15-19/h1-11,15,20-22H,12-14H2. The Hall–Kier alpha value is -2.12. The average molecular weight is 287 g/mol. The summed E-state index contributed by atoms with van der Waals surface area (Å²) >= 11 is 0. The van der Waals surface area contributed by atoms with E-state index in [2.05, 4.69) is 78.1 Å². The fourth-order valence-electron chi connectivity index (χ4n) is 3.69. The van der Waals surface area contributed by atoms with Gasteiger partial charge in [0.05, 0.1) is 0 Å². The monoisotopic (exact) mass is 287 g/mol. The first kappa shape index (κ1) is 13.5. The van der Waals surface area contributed by atoms with Gasteiger partial charge in [0.1, 0.15) is 0 Å². The number of hydrogen-bond donors (Lipinski definition) is 1. The van der Waals surface area contributed by atoms with Crippen LogP contribution in [0.15, 0.2) is 72.8 Å². The molecule has 1 heteroatoms. The van der Waals surface area contributed by atoms with Gasteiger partial charge in [-0.15, -0.1) is 0 Å². The van der Waals surface area contributed by atoms with Gasteiger partial charge in [0.15, 0.2) is 0 Å². The van der Waals surface area contributed by atoms with Crippen LogP contribution in [0.4, 0.5) is 0 Å². The molecule has 1 heterocycles. The van der Waals surface area contributed by atoms with Crippen LogP contribution in [0.5, 0.6) is 0 Å². The van der Waals surface area contributed by atoms with Crippen molar-refractivity contribution in [2.75, 3.05) is 6.54 Å². The van der Waals surface area contributed by atoms with Crippen molar-refractivity contribution in [1.82, 2.24) is 5.32 Å². The van der Waals surface area contributed by atoms with Crippen molar-refractivity contribution in [3.8, 4) is 0 Å². The van der Waals surface area contributed by atoms with Crippen molar-refractivity contribution < 1.29 is 0 Å². The molecule has 0 aliphatic carbocycles. The third kappa shape index (κ3) is 2.65. The molecule has 1 N–H and O–H groups in total. The summed E-state index contributed by atoms with van der Waals surface area (Å²) in [5.74, 6) is 0.684. The fraction of sp³-hybridized carbons (Fsp3) is 0.238. The minimum atomic E-state index is 0.477. The van der Waals surface area contributed by atoms with Crippen molar-refractivity contribution in [2.24, 2.45) is 5.92 Å². The molecular formula is C21H21N. The number of hydrogen-bond acceptors (Lipinski definition) is 1. The first-order valence-electron chi connectivity index (χ1n) is 8.16. The van der Waals surface area contributed by atoms with Crippen LogP contribution in [0.1, 0.15) is 23.6 Å². The summed E-state index contributed by atoms with van der Waals surface area (Å²) in [6.45, 7) is 1.12. The van der Waals surface area contributed by atoms with Crippen molar-refractivity contribution in [2.45, 2.75) is 18.9 Å². The molecule has 3 aromatic rings. The van der Waals surface area contributed by atoms with E-state index < -0.39 is 0 Å². The SMILES string of the molecule is c1ccc(CC2CCNC2c2ccc3ccccc3c2)cc1. The van der Waals surface area contributed by atoms with Gasteiger partial charge in [0, 0.05) is 6.04 Å². The predicted octanol–water partition coefficient (Wildman–Crippen LogP) is 4.73. The Morgan fingerprint density at radius 2 is 1.59 bits per heavy atom. The van der Waals surface area contributed by atoms with E-state index in [1.165, 1.54) is 28.3 Å². The van der Waals surface area contributed by atoms with E-state index in [0.717, 1.165) is 13.0 Å². The Bertz CT molecular complexity index is 763. The van der Waals surface area contributed by atoms with Gasteiger partial charge in [0.2, 0.25) is 0 Å². The molecule has 2 unspecified atom stereocenters. The zero-order valence-electron chi connectivity index (χ0n) is 12.7. The summed E-state index contributed by atoms with van der Waals surface area (Å²) in [5.41, 5.74) is 2.87. The van der Waals surface area contributed by atoms with E-state index >= 15 is 0 Å². The van der Waals surface area contributed by atoms with Crippen LogP contribution in [-0.4, -0.2) is 6.54 Å². The lowest BCUT2D eigenvalue weighted by atomic mass is 9.88. The van der Waals surface area contributed by atoms with Gasteiger partial charge < -0.3 is 5.32 Å². The maximum atomic E-state index is 3.71. The minimum Gasteiger partial charge on any atom is -0.310 e. The molecule has 22 heavy (non-hydrogen) atoms. The van der Waals surface area contributed by atoms with Gasteiger partial charge in [-0.1, -0.05) is 66.7 Å². The molecule has 1 nitrogen and oxygen atoms in total. The largest absolute Gasteiger partial charge is 0.310 e. The van der Waals surface area contributed by atoms with Crippen molar-refractivity contribution in [3.05, 3.63) is 83.9 Å². The zero-order valence-corrected chi connectivity index (χ0v) is 12.7. The molecule has 0 bridgehead atoms. The summed E-state index contributed by atoms with van der Waals surface area (Å²) < 4.78 is 0. The molecule has 3 aromatic carbocycles. The third-order valence-electron chi connectivity index (χ3n) is 4.82. The fourth-order valence-corrected chi connectivity index (χ4v) is 3.69. The summed E-state index contributed by atoms with van der Waals surface area (Å²) in [7, 11) is 0. The minimum absolute atomic E-state index is 0.477. The zero-order chi connectivity index (χ0) is 14.8. The van der Waals surface area contributed by atoms with Gasteiger partial charge in [-0.25, -0.2) is 0 Å². The molecular weight excluding hydrogens is 266 g/mol. The molecule has 0 spiro atoms. The number of nitrogens with one attached hydrogen (secondary N) is 1. The van der Waals surface area contributed by atoms with Gasteiger partial charge in [-0.3, -0.25) is 0 Å². The highest BCUT2D eigenvalue weighted by Gasteiger charge is 2.28. The van der Waals surface area contributed by atoms with Crippen LogP contribution in [-0.2, 0) is 6.42 Å². The van der Waals surface area contributed by atoms with Crippen LogP contribution in [0, 0.1) is 5.92 Å². The number of rotatable bonds is 3. The van der Waals surface area contributed by atoms with Crippen molar-refractivity contribution in [3.63, 3.8) is 0 Å². The van der Waals surface area contributed by atoms with Gasteiger partial charge in [0.25, 0.3) is 0 Å². The molecule has 0 aromatic heterocycles. The van der Waals surface area contributed by atoms with Crippen LogP contribution >= 0.6 is 0 Å². The molecule has 0 amide bonds. The number of fused-ring (bicyclic) bond motifs is 1. The topological polar surface area (TPSA) is 12.0 Å². The predicted molar refractivity (Wildman–Crippen MR) is 92.9 cm³/mol. The van der Waals surface area contributed by atoms with Crippen LogP contribution in [0.25, 0.3) is 10.8 Å². The van der Waals surface area contributed by atoms with E-state index in [0.29, 0.717) is 12.0 Å². The molecule has 1 fully saturated rings. The van der Waals surface area contributed by atoms with Crippen molar-refractivity contribution in [1.29, 1.82) is 0 Å². The second-order valence-corrected chi connectivity index (χ2v) is 6.28. The summed E-state index contributed by atoms with van der Waals surface area (Å²) in [4.78, 5) is 0. The number of benzene rings is 3. The molecule has 110 valence electrons. The molecule has 1 aliphatic rings. The Morgan fingerprint density at radius 1 is 0.818 bits per heavy atom. The third-order valence-corrected chi connectivity index (χ3v) is 4.82. The summed E-state index contributed by atoms with van der Waals surface area (Å²) in [5, 5.41) is 6.37.